The second-order valence-electron chi connectivity index (χ2n) is 4.33. The summed E-state index contributed by atoms with van der Waals surface area (Å²) in [6.45, 7) is 3.84. The summed E-state index contributed by atoms with van der Waals surface area (Å²) in [4.78, 5) is 3.74. The van der Waals surface area contributed by atoms with Crippen molar-refractivity contribution in [3.63, 3.8) is 0 Å². The molecule has 0 saturated heterocycles. The molecule has 0 bridgehead atoms. The van der Waals surface area contributed by atoms with Gasteiger partial charge in [-0.1, -0.05) is 30.6 Å². The van der Waals surface area contributed by atoms with Crippen molar-refractivity contribution in [1.29, 1.82) is 0 Å². The lowest BCUT2D eigenvalue weighted by Crippen LogP contribution is -2.13. The number of hydrogen-bond acceptors (Lipinski definition) is 5. The molecular formula is C10H13ClN4O3S. The van der Waals surface area contributed by atoms with Crippen LogP contribution in [0.4, 0.5) is 5.88 Å². The van der Waals surface area contributed by atoms with Gasteiger partial charge in [0.1, 0.15) is 5.15 Å². The maximum absolute atomic E-state index is 12.1. The molecule has 2 heterocycles. The van der Waals surface area contributed by atoms with Gasteiger partial charge in [-0.25, -0.2) is 9.71 Å². The maximum Gasteiger partial charge on any atom is 0.284 e. The highest BCUT2D eigenvalue weighted by Gasteiger charge is 2.24. The molecule has 0 radical (unpaired) electrons. The molecule has 0 saturated carbocycles. The Balaban J connectivity index is 2.28. The van der Waals surface area contributed by atoms with Crippen molar-refractivity contribution in [1.82, 2.24) is 14.7 Å². The van der Waals surface area contributed by atoms with E-state index in [1.54, 1.807) is 7.05 Å². The quantitative estimate of drug-likeness (QED) is 0.933. The van der Waals surface area contributed by atoms with Crippen molar-refractivity contribution in [2.24, 2.45) is 7.05 Å². The van der Waals surface area contributed by atoms with Crippen LogP contribution in [0.25, 0.3) is 0 Å². The molecule has 0 unspecified atom stereocenters. The third kappa shape index (κ3) is 2.74. The van der Waals surface area contributed by atoms with Crippen LogP contribution in [0.2, 0.25) is 5.15 Å². The van der Waals surface area contributed by atoms with Crippen molar-refractivity contribution >= 4 is 27.5 Å². The highest BCUT2D eigenvalue weighted by Crippen LogP contribution is 2.23. The van der Waals surface area contributed by atoms with Crippen molar-refractivity contribution in [3.05, 3.63) is 23.2 Å². The molecule has 104 valence electrons. The summed E-state index contributed by atoms with van der Waals surface area (Å²) >= 11 is 5.85. The zero-order valence-electron chi connectivity index (χ0n) is 10.6. The zero-order chi connectivity index (χ0) is 14.2. The number of halogens is 1. The summed E-state index contributed by atoms with van der Waals surface area (Å²) in [6.07, 6.45) is 1.32. The van der Waals surface area contributed by atoms with Gasteiger partial charge < -0.3 is 9.09 Å². The molecular weight excluding hydrogens is 292 g/mol. The summed E-state index contributed by atoms with van der Waals surface area (Å²) in [7, 11) is -2.29. The minimum absolute atomic E-state index is 0.0242. The Morgan fingerprint density at radius 3 is 2.63 bits per heavy atom. The van der Waals surface area contributed by atoms with E-state index in [0.717, 1.165) is 0 Å². The number of aryl methyl sites for hydroxylation is 1. The predicted octanol–water partition coefficient (Wildman–Crippen LogP) is 1.99. The molecule has 2 aromatic heterocycles. The van der Waals surface area contributed by atoms with Gasteiger partial charge in [-0.3, -0.25) is 0 Å². The van der Waals surface area contributed by atoms with Crippen LogP contribution in [0.15, 0.2) is 21.9 Å². The van der Waals surface area contributed by atoms with Crippen LogP contribution in [0, 0.1) is 0 Å². The third-order valence-electron chi connectivity index (χ3n) is 2.44. The average Bonchev–Trinajstić information content (AvgIpc) is 2.87. The summed E-state index contributed by atoms with van der Waals surface area (Å²) in [5.41, 5.74) is 0.657. The second kappa shape index (κ2) is 4.86. The number of hydrogen-bond donors (Lipinski definition) is 1. The van der Waals surface area contributed by atoms with E-state index >= 15 is 0 Å². The molecule has 7 nitrogen and oxygen atoms in total. The number of imidazole rings is 1. The highest BCUT2D eigenvalue weighted by atomic mass is 35.5. The van der Waals surface area contributed by atoms with Gasteiger partial charge in [-0.15, -0.1) is 0 Å². The first-order chi connectivity index (χ1) is 8.81. The van der Waals surface area contributed by atoms with Gasteiger partial charge in [-0.05, 0) is 5.92 Å². The van der Waals surface area contributed by atoms with Crippen LogP contribution in [0.5, 0.6) is 0 Å². The van der Waals surface area contributed by atoms with E-state index in [1.807, 2.05) is 13.8 Å². The first-order valence-electron chi connectivity index (χ1n) is 5.47. The van der Waals surface area contributed by atoms with Gasteiger partial charge in [0, 0.05) is 13.1 Å². The average molecular weight is 305 g/mol. The highest BCUT2D eigenvalue weighted by molar-refractivity contribution is 7.92. The molecule has 0 aliphatic rings. The Morgan fingerprint density at radius 2 is 2.16 bits per heavy atom. The number of rotatable bonds is 4. The molecule has 0 spiro atoms. The monoisotopic (exact) mass is 304 g/mol. The largest absolute Gasteiger partial charge is 0.338 e. The molecule has 0 fully saturated rings. The third-order valence-corrected chi connectivity index (χ3v) is 4.28. The smallest absolute Gasteiger partial charge is 0.284 e. The number of anilines is 1. The summed E-state index contributed by atoms with van der Waals surface area (Å²) in [6, 6.07) is 1.53. The molecule has 1 N–H and O–H groups in total. The van der Waals surface area contributed by atoms with Gasteiger partial charge in [0.15, 0.2) is 0 Å². The molecule has 19 heavy (non-hydrogen) atoms. The summed E-state index contributed by atoms with van der Waals surface area (Å²) in [5.74, 6) is 0.172. The minimum Gasteiger partial charge on any atom is -0.338 e. The van der Waals surface area contributed by atoms with Gasteiger partial charge in [0.05, 0.1) is 12.0 Å². The predicted molar refractivity (Wildman–Crippen MR) is 69.6 cm³/mol. The fourth-order valence-corrected chi connectivity index (χ4v) is 2.77. The SMILES string of the molecule is CC(C)c1cc(NS(=O)(=O)c2ncn(C)c2Cl)on1. The van der Waals surface area contributed by atoms with Gasteiger partial charge in [0.2, 0.25) is 10.9 Å². The number of aromatic nitrogens is 3. The van der Waals surface area contributed by atoms with E-state index in [-0.39, 0.29) is 22.0 Å². The van der Waals surface area contributed by atoms with Crippen LogP contribution in [-0.4, -0.2) is 23.1 Å². The lowest BCUT2D eigenvalue weighted by molar-refractivity contribution is 0.423. The van der Waals surface area contributed by atoms with Crippen molar-refractivity contribution < 1.29 is 12.9 Å². The Morgan fingerprint density at radius 1 is 1.47 bits per heavy atom. The first kappa shape index (κ1) is 13.9. The molecule has 0 aromatic carbocycles. The van der Waals surface area contributed by atoms with Crippen molar-refractivity contribution in [2.75, 3.05) is 4.72 Å². The van der Waals surface area contributed by atoms with Crippen LogP contribution in [-0.2, 0) is 17.1 Å². The van der Waals surface area contributed by atoms with E-state index in [1.165, 1.54) is 17.0 Å². The van der Waals surface area contributed by atoms with E-state index in [0.29, 0.717) is 5.69 Å². The van der Waals surface area contributed by atoms with Gasteiger partial charge >= 0.3 is 0 Å². The van der Waals surface area contributed by atoms with E-state index in [4.69, 9.17) is 16.1 Å². The topological polar surface area (TPSA) is 90.0 Å². The van der Waals surface area contributed by atoms with Crippen LogP contribution < -0.4 is 4.72 Å². The Bertz CT molecular complexity index is 689. The van der Waals surface area contributed by atoms with E-state index in [9.17, 15) is 8.42 Å². The molecule has 2 aromatic rings. The lowest BCUT2D eigenvalue weighted by atomic mass is 10.1. The fraction of sp³-hybridized carbons (Fsp3) is 0.400. The molecule has 2 rings (SSSR count). The number of sulfonamides is 1. The molecule has 0 atom stereocenters. The van der Waals surface area contributed by atoms with Gasteiger partial charge in [0.25, 0.3) is 10.0 Å². The number of nitrogens with one attached hydrogen (secondary N) is 1. The molecule has 9 heteroatoms. The Labute approximate surface area is 115 Å². The van der Waals surface area contributed by atoms with Crippen LogP contribution >= 0.6 is 11.6 Å². The first-order valence-corrected chi connectivity index (χ1v) is 7.33. The maximum atomic E-state index is 12.1. The van der Waals surface area contributed by atoms with Crippen molar-refractivity contribution in [2.45, 2.75) is 24.8 Å². The fourth-order valence-electron chi connectivity index (χ4n) is 1.36. The normalized spacial score (nSPS) is 12.1. The van der Waals surface area contributed by atoms with E-state index < -0.39 is 10.0 Å². The molecule has 0 aliphatic carbocycles. The Hall–Kier alpha value is -1.54. The standard InChI is InChI=1S/C10H13ClN4O3S/c1-6(2)7-4-8(18-13-7)14-19(16,17)10-9(11)15(3)5-12-10/h4-6,14H,1-3H3. The molecule has 0 amide bonds. The lowest BCUT2D eigenvalue weighted by Gasteiger charge is -2.02. The van der Waals surface area contributed by atoms with E-state index in [2.05, 4.69) is 14.9 Å². The molecule has 0 aliphatic heterocycles. The summed E-state index contributed by atoms with van der Waals surface area (Å²) in [5, 5.41) is 3.53. The van der Waals surface area contributed by atoms with Crippen LogP contribution in [0.3, 0.4) is 0 Å². The zero-order valence-corrected chi connectivity index (χ0v) is 12.2. The van der Waals surface area contributed by atoms with Gasteiger partial charge in [-0.2, -0.15) is 8.42 Å². The van der Waals surface area contributed by atoms with Crippen molar-refractivity contribution in [3.8, 4) is 0 Å². The second-order valence-corrected chi connectivity index (χ2v) is 6.28. The van der Waals surface area contributed by atoms with Crippen LogP contribution in [0.1, 0.15) is 25.5 Å². The number of nitrogens with zero attached hydrogens (tertiary/aromatic N) is 3. The Kier molecular flexibility index (Phi) is 3.55. The summed E-state index contributed by atoms with van der Waals surface area (Å²) < 4.78 is 32.7. The minimum atomic E-state index is -3.88.